The highest BCUT2D eigenvalue weighted by atomic mass is 16.1. The second-order valence-electron chi connectivity index (χ2n) is 9.70. The van der Waals surface area contributed by atoms with Crippen molar-refractivity contribution in [2.24, 2.45) is 5.92 Å². The van der Waals surface area contributed by atoms with Crippen LogP contribution in [0.2, 0.25) is 0 Å². The minimum Gasteiger partial charge on any atom is -0.300 e. The van der Waals surface area contributed by atoms with E-state index in [1.165, 1.54) is 122 Å². The standard InChI is InChI=1S/C28H56O/c1-4-6-7-8-9-10-11-12-13-14-15-16-17-18-19-20-21-22-23-24-28(29)26-25-27(3)5-2/h27H,4-26H2,1-3H3. The smallest absolute Gasteiger partial charge is 0.132 e. The van der Waals surface area contributed by atoms with Crippen molar-refractivity contribution in [1.82, 2.24) is 0 Å². The van der Waals surface area contributed by atoms with Crippen molar-refractivity contribution >= 4 is 5.78 Å². The van der Waals surface area contributed by atoms with E-state index < -0.39 is 0 Å². The number of carbonyl (C=O) groups is 1. The fourth-order valence-electron chi connectivity index (χ4n) is 4.14. The highest BCUT2D eigenvalue weighted by Gasteiger charge is 2.05. The quantitative estimate of drug-likeness (QED) is 0.145. The summed E-state index contributed by atoms with van der Waals surface area (Å²) < 4.78 is 0. The summed E-state index contributed by atoms with van der Waals surface area (Å²) in [6, 6.07) is 0. The molecule has 0 saturated heterocycles. The first kappa shape index (κ1) is 28.7. The summed E-state index contributed by atoms with van der Waals surface area (Å²) in [5, 5.41) is 0. The average Bonchev–Trinajstić information content (AvgIpc) is 2.73. The van der Waals surface area contributed by atoms with Crippen LogP contribution < -0.4 is 0 Å². The Morgan fingerprint density at radius 1 is 0.517 bits per heavy atom. The molecule has 0 aromatic carbocycles. The van der Waals surface area contributed by atoms with Gasteiger partial charge in [0, 0.05) is 12.8 Å². The second-order valence-corrected chi connectivity index (χ2v) is 9.70. The van der Waals surface area contributed by atoms with Gasteiger partial charge in [-0.3, -0.25) is 4.79 Å². The number of unbranched alkanes of at least 4 members (excludes halogenated alkanes) is 18. The molecule has 1 unspecified atom stereocenters. The molecule has 0 aromatic heterocycles. The first-order valence-electron chi connectivity index (χ1n) is 13.7. The third-order valence-electron chi connectivity index (χ3n) is 6.67. The molecule has 0 aliphatic heterocycles. The summed E-state index contributed by atoms with van der Waals surface area (Å²) in [5.41, 5.74) is 0. The SMILES string of the molecule is CCCCCCCCCCCCCCCCCCCCCC(=O)CCC(C)CC. The van der Waals surface area contributed by atoms with Gasteiger partial charge >= 0.3 is 0 Å². The van der Waals surface area contributed by atoms with Crippen LogP contribution in [0.1, 0.15) is 168 Å². The van der Waals surface area contributed by atoms with Crippen LogP contribution in [0.5, 0.6) is 0 Å². The van der Waals surface area contributed by atoms with Gasteiger partial charge in [-0.25, -0.2) is 0 Å². The van der Waals surface area contributed by atoms with Gasteiger partial charge in [0.25, 0.3) is 0 Å². The fourth-order valence-corrected chi connectivity index (χ4v) is 4.14. The molecule has 0 spiro atoms. The van der Waals surface area contributed by atoms with Crippen molar-refractivity contribution in [2.45, 2.75) is 168 Å². The molecule has 0 rings (SSSR count). The van der Waals surface area contributed by atoms with Crippen LogP contribution in [0.25, 0.3) is 0 Å². The van der Waals surface area contributed by atoms with E-state index in [4.69, 9.17) is 0 Å². The van der Waals surface area contributed by atoms with Gasteiger partial charge in [0.1, 0.15) is 5.78 Å². The van der Waals surface area contributed by atoms with Crippen LogP contribution in [0.15, 0.2) is 0 Å². The lowest BCUT2D eigenvalue weighted by molar-refractivity contribution is -0.119. The van der Waals surface area contributed by atoms with Crippen molar-refractivity contribution in [1.29, 1.82) is 0 Å². The summed E-state index contributed by atoms with van der Waals surface area (Å²) in [6.07, 6.45) is 30.7. The van der Waals surface area contributed by atoms with Crippen molar-refractivity contribution in [3.05, 3.63) is 0 Å². The van der Waals surface area contributed by atoms with Gasteiger partial charge in [-0.05, 0) is 18.8 Å². The highest BCUT2D eigenvalue weighted by molar-refractivity contribution is 5.78. The van der Waals surface area contributed by atoms with Crippen LogP contribution in [-0.4, -0.2) is 5.78 Å². The van der Waals surface area contributed by atoms with Gasteiger partial charge < -0.3 is 0 Å². The first-order chi connectivity index (χ1) is 14.2. The lowest BCUT2D eigenvalue weighted by Crippen LogP contribution is -2.01. The Hall–Kier alpha value is -0.330. The van der Waals surface area contributed by atoms with Gasteiger partial charge in [0.2, 0.25) is 0 Å². The molecule has 0 heterocycles. The third-order valence-corrected chi connectivity index (χ3v) is 6.67. The number of hydrogen-bond donors (Lipinski definition) is 0. The summed E-state index contributed by atoms with van der Waals surface area (Å²) in [7, 11) is 0. The zero-order chi connectivity index (χ0) is 21.4. The summed E-state index contributed by atoms with van der Waals surface area (Å²) in [5.74, 6) is 1.21. The van der Waals surface area contributed by atoms with E-state index in [0.717, 1.165) is 25.7 Å². The largest absolute Gasteiger partial charge is 0.300 e. The molecule has 1 atom stereocenters. The van der Waals surface area contributed by atoms with Crippen LogP contribution in [0.4, 0.5) is 0 Å². The van der Waals surface area contributed by atoms with E-state index in [0.29, 0.717) is 11.7 Å². The number of ketones is 1. The molecule has 0 aliphatic carbocycles. The fraction of sp³-hybridized carbons (Fsp3) is 0.964. The maximum Gasteiger partial charge on any atom is 0.132 e. The van der Waals surface area contributed by atoms with Crippen LogP contribution in [0, 0.1) is 5.92 Å². The maximum absolute atomic E-state index is 11.8. The molecule has 0 radical (unpaired) electrons. The third kappa shape index (κ3) is 23.8. The van der Waals surface area contributed by atoms with E-state index in [2.05, 4.69) is 20.8 Å². The molecule has 174 valence electrons. The molecular formula is C28H56O. The number of rotatable bonds is 24. The monoisotopic (exact) mass is 408 g/mol. The molecule has 0 N–H and O–H groups in total. The van der Waals surface area contributed by atoms with Crippen molar-refractivity contribution in [2.75, 3.05) is 0 Å². The second kappa shape index (κ2) is 23.9. The summed E-state index contributed by atoms with van der Waals surface area (Å²) in [6.45, 7) is 6.76. The van der Waals surface area contributed by atoms with Gasteiger partial charge in [-0.1, -0.05) is 143 Å². The van der Waals surface area contributed by atoms with E-state index >= 15 is 0 Å². The van der Waals surface area contributed by atoms with E-state index in [1.807, 2.05) is 0 Å². The topological polar surface area (TPSA) is 17.1 Å². The first-order valence-corrected chi connectivity index (χ1v) is 13.7. The molecule has 29 heavy (non-hydrogen) atoms. The zero-order valence-corrected chi connectivity index (χ0v) is 20.7. The Morgan fingerprint density at radius 2 is 0.862 bits per heavy atom. The lowest BCUT2D eigenvalue weighted by Gasteiger charge is -2.07. The summed E-state index contributed by atoms with van der Waals surface area (Å²) >= 11 is 0. The van der Waals surface area contributed by atoms with Gasteiger partial charge in [-0.15, -0.1) is 0 Å². The maximum atomic E-state index is 11.8. The highest BCUT2D eigenvalue weighted by Crippen LogP contribution is 2.15. The Morgan fingerprint density at radius 3 is 1.21 bits per heavy atom. The molecule has 0 aromatic rings. The van der Waals surface area contributed by atoms with Crippen LogP contribution >= 0.6 is 0 Å². The van der Waals surface area contributed by atoms with Crippen molar-refractivity contribution < 1.29 is 4.79 Å². The predicted molar refractivity (Wildman–Crippen MR) is 132 cm³/mol. The average molecular weight is 409 g/mol. The molecule has 0 aliphatic rings. The number of Topliss-reactive ketones (excluding diaryl/α,β-unsaturated/α-hetero) is 1. The van der Waals surface area contributed by atoms with Gasteiger partial charge in [0.15, 0.2) is 0 Å². The molecule has 0 saturated carbocycles. The van der Waals surface area contributed by atoms with Crippen molar-refractivity contribution in [3.8, 4) is 0 Å². The molecule has 0 fully saturated rings. The Labute approximate surface area is 185 Å². The minimum absolute atomic E-state index is 0.497. The molecule has 0 bridgehead atoms. The number of carbonyl (C=O) groups excluding carboxylic acids is 1. The normalized spacial score (nSPS) is 12.4. The minimum atomic E-state index is 0.497. The van der Waals surface area contributed by atoms with E-state index in [1.54, 1.807) is 0 Å². The van der Waals surface area contributed by atoms with Gasteiger partial charge in [0.05, 0.1) is 0 Å². The van der Waals surface area contributed by atoms with E-state index in [9.17, 15) is 4.79 Å². The predicted octanol–water partition coefficient (Wildman–Crippen LogP) is 10.2. The molecule has 1 nitrogen and oxygen atoms in total. The van der Waals surface area contributed by atoms with E-state index in [-0.39, 0.29) is 0 Å². The Bertz CT molecular complexity index is 322. The summed E-state index contributed by atoms with van der Waals surface area (Å²) in [4.78, 5) is 11.8. The van der Waals surface area contributed by atoms with Crippen LogP contribution in [-0.2, 0) is 4.79 Å². The van der Waals surface area contributed by atoms with Crippen LogP contribution in [0.3, 0.4) is 0 Å². The molecular weight excluding hydrogens is 352 g/mol. The molecule has 1 heteroatoms. The number of hydrogen-bond acceptors (Lipinski definition) is 1. The lowest BCUT2D eigenvalue weighted by atomic mass is 9.98. The Kier molecular flexibility index (Phi) is 23.7. The van der Waals surface area contributed by atoms with Crippen molar-refractivity contribution in [3.63, 3.8) is 0 Å². The Balaban J connectivity index is 3.11. The van der Waals surface area contributed by atoms with Gasteiger partial charge in [-0.2, -0.15) is 0 Å². The molecule has 0 amide bonds. The zero-order valence-electron chi connectivity index (χ0n) is 20.7.